The number of nitrogens with zero attached hydrogens (tertiary/aromatic N) is 2. The van der Waals surface area contributed by atoms with E-state index < -0.39 is 11.9 Å². The molecule has 5 rings (SSSR count). The van der Waals surface area contributed by atoms with Crippen LogP contribution in [0.3, 0.4) is 0 Å². The summed E-state index contributed by atoms with van der Waals surface area (Å²) in [5.74, 6) is -0.198. The highest BCUT2D eigenvalue weighted by molar-refractivity contribution is 9.10. The van der Waals surface area contributed by atoms with Crippen LogP contribution in [0.15, 0.2) is 75.9 Å². The molecule has 0 fully saturated rings. The molecule has 0 saturated heterocycles. The number of nitrogens with one attached hydrogen (secondary N) is 1. The van der Waals surface area contributed by atoms with Crippen molar-refractivity contribution < 1.29 is 19.0 Å². The molecule has 0 unspecified atom stereocenters. The number of thiophene rings is 1. The SMILES string of the molecule is COc1cc([C@@H]2C(C#N)=C(N)Oc3n[nH]c(-c4ccc(Br)cc4)c32)ccc1OC(=O)c1cccs1. The third-order valence-corrected chi connectivity index (χ3v) is 6.90. The van der Waals surface area contributed by atoms with Crippen LogP contribution in [0, 0.1) is 11.3 Å². The van der Waals surface area contributed by atoms with Crippen molar-refractivity contribution in [3.63, 3.8) is 0 Å². The molecule has 1 aliphatic heterocycles. The number of nitrogens with two attached hydrogens (primary N) is 1. The zero-order chi connectivity index (χ0) is 24.5. The molecule has 0 spiro atoms. The summed E-state index contributed by atoms with van der Waals surface area (Å²) in [6.07, 6.45) is 0. The van der Waals surface area contributed by atoms with E-state index in [9.17, 15) is 10.1 Å². The number of nitriles is 1. The van der Waals surface area contributed by atoms with Gasteiger partial charge in [0, 0.05) is 10.0 Å². The van der Waals surface area contributed by atoms with Crippen molar-refractivity contribution in [2.75, 3.05) is 7.11 Å². The van der Waals surface area contributed by atoms with E-state index in [1.807, 2.05) is 24.3 Å². The molecule has 0 saturated carbocycles. The number of benzene rings is 2. The number of methoxy groups -OCH3 is 1. The molecule has 3 heterocycles. The molecule has 8 nitrogen and oxygen atoms in total. The van der Waals surface area contributed by atoms with Crippen molar-refractivity contribution in [1.29, 1.82) is 5.26 Å². The number of rotatable bonds is 5. The van der Waals surface area contributed by atoms with Gasteiger partial charge in [-0.2, -0.15) is 5.26 Å². The van der Waals surface area contributed by atoms with Crippen molar-refractivity contribution >= 4 is 33.2 Å². The number of hydrogen-bond acceptors (Lipinski definition) is 8. The molecule has 35 heavy (non-hydrogen) atoms. The maximum Gasteiger partial charge on any atom is 0.353 e. The fourth-order valence-corrected chi connectivity index (χ4v) is 4.77. The molecule has 4 aromatic rings. The van der Waals surface area contributed by atoms with E-state index in [0.717, 1.165) is 10.0 Å². The molecule has 10 heteroatoms. The Morgan fingerprint density at radius 2 is 2.03 bits per heavy atom. The van der Waals surface area contributed by atoms with Gasteiger partial charge in [-0.25, -0.2) is 4.79 Å². The first-order valence-corrected chi connectivity index (χ1v) is 12.0. The van der Waals surface area contributed by atoms with Crippen LogP contribution in [-0.4, -0.2) is 23.3 Å². The lowest BCUT2D eigenvalue weighted by molar-refractivity contribution is 0.0734. The number of carbonyl (C=O) groups excluding carboxylic acids is 1. The molecular formula is C25H17BrN4O4S. The zero-order valence-electron chi connectivity index (χ0n) is 18.2. The molecule has 3 N–H and O–H groups in total. The Kier molecular flexibility index (Phi) is 6.03. The average molecular weight is 549 g/mol. The Labute approximate surface area is 212 Å². The second-order valence-corrected chi connectivity index (χ2v) is 9.39. The van der Waals surface area contributed by atoms with Crippen LogP contribution in [-0.2, 0) is 0 Å². The topological polar surface area (TPSA) is 123 Å². The standard InChI is InChI=1S/C25H17BrN4O4S/c1-32-18-11-14(6-9-17(18)33-25(31)19-3-2-10-35-19)20-16(12-27)23(28)34-24-21(20)22(29-30-24)13-4-7-15(26)8-5-13/h2-11,20H,28H2,1H3,(H,29,30)/t20-/m1/s1. The van der Waals surface area contributed by atoms with Crippen molar-refractivity contribution in [1.82, 2.24) is 10.2 Å². The molecule has 0 radical (unpaired) electrons. The second-order valence-electron chi connectivity index (χ2n) is 7.53. The predicted octanol–water partition coefficient (Wildman–Crippen LogP) is 5.35. The van der Waals surface area contributed by atoms with Crippen molar-refractivity contribution in [2.45, 2.75) is 5.92 Å². The Morgan fingerprint density at radius 3 is 2.71 bits per heavy atom. The number of aromatic nitrogens is 2. The first-order chi connectivity index (χ1) is 17.0. The number of halogens is 1. The number of esters is 1. The van der Waals surface area contributed by atoms with E-state index in [-0.39, 0.29) is 23.1 Å². The lowest BCUT2D eigenvalue weighted by atomic mass is 9.83. The Balaban J connectivity index is 1.59. The fraction of sp³-hybridized carbons (Fsp3) is 0.0800. The Morgan fingerprint density at radius 1 is 1.23 bits per heavy atom. The van der Waals surface area contributed by atoms with Gasteiger partial charge in [0.2, 0.25) is 11.8 Å². The number of allylic oxidation sites excluding steroid dienone is 1. The minimum absolute atomic E-state index is 0.0222. The summed E-state index contributed by atoms with van der Waals surface area (Å²) in [7, 11) is 1.48. The van der Waals surface area contributed by atoms with Crippen LogP contribution in [0.4, 0.5) is 0 Å². The third kappa shape index (κ3) is 4.16. The summed E-state index contributed by atoms with van der Waals surface area (Å²) in [6, 6.07) is 18.4. The summed E-state index contributed by atoms with van der Waals surface area (Å²) in [6.45, 7) is 0. The number of ether oxygens (including phenoxy) is 3. The van der Waals surface area contributed by atoms with Gasteiger partial charge in [0.15, 0.2) is 11.5 Å². The van der Waals surface area contributed by atoms with E-state index in [1.165, 1.54) is 18.4 Å². The monoisotopic (exact) mass is 548 g/mol. The fourth-order valence-electron chi connectivity index (χ4n) is 3.91. The van der Waals surface area contributed by atoms with Crippen LogP contribution < -0.4 is 19.9 Å². The smallest absolute Gasteiger partial charge is 0.353 e. The van der Waals surface area contributed by atoms with Crippen LogP contribution in [0.25, 0.3) is 11.3 Å². The van der Waals surface area contributed by atoms with Gasteiger partial charge in [0.05, 0.1) is 24.3 Å². The van der Waals surface area contributed by atoms with E-state index in [0.29, 0.717) is 27.4 Å². The second kappa shape index (κ2) is 9.29. The minimum Gasteiger partial charge on any atom is -0.493 e. The van der Waals surface area contributed by atoms with E-state index in [4.69, 9.17) is 19.9 Å². The summed E-state index contributed by atoms with van der Waals surface area (Å²) in [5, 5.41) is 19.1. The number of carbonyl (C=O) groups is 1. The first kappa shape index (κ1) is 22.7. The largest absolute Gasteiger partial charge is 0.493 e. The number of H-pyrrole nitrogens is 1. The van der Waals surface area contributed by atoms with Crippen molar-refractivity contribution in [3.8, 4) is 34.7 Å². The van der Waals surface area contributed by atoms with Crippen molar-refractivity contribution in [2.24, 2.45) is 5.73 Å². The Hall–Kier alpha value is -4.07. The highest BCUT2D eigenvalue weighted by atomic mass is 79.9. The Bertz CT molecular complexity index is 1490. The molecule has 0 bridgehead atoms. The van der Waals surface area contributed by atoms with E-state index in [1.54, 1.807) is 35.7 Å². The molecule has 0 amide bonds. The highest BCUT2D eigenvalue weighted by Crippen LogP contribution is 2.47. The maximum absolute atomic E-state index is 12.5. The molecule has 0 aliphatic carbocycles. The summed E-state index contributed by atoms with van der Waals surface area (Å²) < 4.78 is 17.7. The normalized spacial score (nSPS) is 14.6. The van der Waals surface area contributed by atoms with Crippen LogP contribution in [0.2, 0.25) is 0 Å². The number of hydrogen-bond donors (Lipinski definition) is 2. The summed E-state index contributed by atoms with van der Waals surface area (Å²) in [4.78, 5) is 12.9. The molecule has 174 valence electrons. The molecule has 1 aliphatic rings. The molecule has 2 aromatic heterocycles. The third-order valence-electron chi connectivity index (χ3n) is 5.52. The van der Waals surface area contributed by atoms with Crippen LogP contribution in [0.5, 0.6) is 17.4 Å². The van der Waals surface area contributed by atoms with Crippen LogP contribution in [0.1, 0.15) is 26.7 Å². The lowest BCUT2D eigenvalue weighted by Gasteiger charge is -2.24. The lowest BCUT2D eigenvalue weighted by Crippen LogP contribution is -2.21. The summed E-state index contributed by atoms with van der Waals surface area (Å²) >= 11 is 4.73. The van der Waals surface area contributed by atoms with Crippen molar-refractivity contribution in [3.05, 3.63) is 91.9 Å². The predicted molar refractivity (Wildman–Crippen MR) is 133 cm³/mol. The van der Waals surface area contributed by atoms with Gasteiger partial charge in [-0.15, -0.1) is 16.4 Å². The van der Waals surface area contributed by atoms with Gasteiger partial charge in [-0.1, -0.05) is 40.2 Å². The quantitative estimate of drug-likeness (QED) is 0.254. The highest BCUT2D eigenvalue weighted by Gasteiger charge is 2.36. The minimum atomic E-state index is -0.586. The zero-order valence-corrected chi connectivity index (χ0v) is 20.6. The average Bonchev–Trinajstić information content (AvgIpc) is 3.54. The number of fused-ring (bicyclic) bond motifs is 1. The van der Waals surface area contributed by atoms with E-state index in [2.05, 4.69) is 32.2 Å². The van der Waals surface area contributed by atoms with E-state index >= 15 is 0 Å². The number of aromatic amines is 1. The molecular weight excluding hydrogens is 532 g/mol. The van der Waals surface area contributed by atoms with Gasteiger partial charge in [0.25, 0.3) is 0 Å². The van der Waals surface area contributed by atoms with Gasteiger partial charge in [-0.3, -0.25) is 5.10 Å². The van der Waals surface area contributed by atoms with Gasteiger partial charge < -0.3 is 19.9 Å². The molecule has 1 atom stereocenters. The van der Waals surface area contributed by atoms with Gasteiger partial charge >= 0.3 is 5.97 Å². The van der Waals surface area contributed by atoms with Gasteiger partial charge in [-0.05, 0) is 41.3 Å². The maximum atomic E-state index is 12.5. The first-order valence-electron chi connectivity index (χ1n) is 10.4. The molecule has 2 aromatic carbocycles. The van der Waals surface area contributed by atoms with Crippen LogP contribution >= 0.6 is 27.3 Å². The van der Waals surface area contributed by atoms with Gasteiger partial charge in [0.1, 0.15) is 16.5 Å². The summed E-state index contributed by atoms with van der Waals surface area (Å²) in [5.41, 5.74) is 9.26.